The normalized spacial score (nSPS) is 17.5. The number of rotatable bonds is 6. The van der Waals surface area contributed by atoms with Gasteiger partial charge in [-0.3, -0.25) is 0 Å². The van der Waals surface area contributed by atoms with Crippen LogP contribution in [0.2, 0.25) is 5.02 Å². The first kappa shape index (κ1) is 17.3. The minimum atomic E-state index is -0.583. The van der Waals surface area contributed by atoms with Gasteiger partial charge in [0.05, 0.1) is 18.2 Å². The van der Waals surface area contributed by atoms with E-state index in [0.29, 0.717) is 29.5 Å². The van der Waals surface area contributed by atoms with Crippen LogP contribution in [0, 0.1) is 0 Å². The summed E-state index contributed by atoms with van der Waals surface area (Å²) in [5, 5.41) is 5.91. The standard InChI is InChI=1S/C16H19ClN2O4/c1-3-22-8-9-23-15(20)13-10(2)18-16(21)19-14(13)11-4-6-12(17)7-5-11/h4-7,14H,3,8-9H2,1-2H3,(H2,18,19,21). The number of nitrogens with one attached hydrogen (secondary N) is 2. The number of carbonyl (C=O) groups is 2. The Kier molecular flexibility index (Phi) is 6.01. The second-order valence-corrected chi connectivity index (χ2v) is 5.39. The van der Waals surface area contributed by atoms with Gasteiger partial charge >= 0.3 is 12.0 Å². The van der Waals surface area contributed by atoms with Crippen LogP contribution >= 0.6 is 11.6 Å². The maximum atomic E-state index is 12.4. The predicted octanol–water partition coefficient (Wildman–Crippen LogP) is 2.55. The van der Waals surface area contributed by atoms with Crippen molar-refractivity contribution >= 4 is 23.6 Å². The largest absolute Gasteiger partial charge is 0.460 e. The third-order valence-corrected chi connectivity index (χ3v) is 3.61. The van der Waals surface area contributed by atoms with Gasteiger partial charge in [0.25, 0.3) is 0 Å². The van der Waals surface area contributed by atoms with E-state index in [1.165, 1.54) is 0 Å². The van der Waals surface area contributed by atoms with Crippen LogP contribution in [0.15, 0.2) is 35.5 Å². The van der Waals surface area contributed by atoms with Gasteiger partial charge in [-0.05, 0) is 31.5 Å². The summed E-state index contributed by atoms with van der Waals surface area (Å²) in [6.45, 7) is 4.58. The maximum Gasteiger partial charge on any atom is 0.338 e. The molecule has 1 aliphatic rings. The lowest BCUT2D eigenvalue weighted by molar-refractivity contribution is -0.141. The number of hydrogen-bond donors (Lipinski definition) is 2. The smallest absolute Gasteiger partial charge is 0.338 e. The monoisotopic (exact) mass is 338 g/mol. The highest BCUT2D eigenvalue weighted by Gasteiger charge is 2.32. The molecule has 7 heteroatoms. The molecule has 124 valence electrons. The van der Waals surface area contributed by atoms with Crippen LogP contribution in [0.1, 0.15) is 25.5 Å². The van der Waals surface area contributed by atoms with E-state index in [2.05, 4.69) is 10.6 Å². The lowest BCUT2D eigenvalue weighted by Gasteiger charge is -2.28. The summed E-state index contributed by atoms with van der Waals surface area (Å²) < 4.78 is 10.4. The minimum absolute atomic E-state index is 0.157. The fraction of sp³-hybridized carbons (Fsp3) is 0.375. The van der Waals surface area contributed by atoms with E-state index in [-0.39, 0.29) is 12.6 Å². The van der Waals surface area contributed by atoms with Crippen molar-refractivity contribution in [1.82, 2.24) is 10.6 Å². The Balaban J connectivity index is 2.20. The van der Waals surface area contributed by atoms with Crippen LogP contribution in [0.25, 0.3) is 0 Å². The van der Waals surface area contributed by atoms with Crippen molar-refractivity contribution < 1.29 is 19.1 Å². The van der Waals surface area contributed by atoms with Crippen molar-refractivity contribution in [2.45, 2.75) is 19.9 Å². The van der Waals surface area contributed by atoms with Crippen molar-refractivity contribution in [3.8, 4) is 0 Å². The van der Waals surface area contributed by atoms with Gasteiger partial charge in [-0.1, -0.05) is 23.7 Å². The number of hydrogen-bond acceptors (Lipinski definition) is 4. The van der Waals surface area contributed by atoms with Crippen LogP contribution < -0.4 is 10.6 Å². The van der Waals surface area contributed by atoms with E-state index in [9.17, 15) is 9.59 Å². The topological polar surface area (TPSA) is 76.7 Å². The first-order valence-corrected chi connectivity index (χ1v) is 7.69. The van der Waals surface area contributed by atoms with Crippen LogP contribution in [0.5, 0.6) is 0 Å². The molecule has 1 aliphatic heterocycles. The lowest BCUT2D eigenvalue weighted by atomic mass is 9.96. The highest BCUT2D eigenvalue weighted by Crippen LogP contribution is 2.28. The highest BCUT2D eigenvalue weighted by atomic mass is 35.5. The molecule has 0 aromatic heterocycles. The van der Waals surface area contributed by atoms with Gasteiger partial charge in [-0.2, -0.15) is 0 Å². The summed E-state index contributed by atoms with van der Waals surface area (Å²) in [7, 11) is 0. The van der Waals surface area contributed by atoms with Crippen molar-refractivity contribution in [2.24, 2.45) is 0 Å². The van der Waals surface area contributed by atoms with Gasteiger partial charge in [-0.15, -0.1) is 0 Å². The summed E-state index contributed by atoms with van der Waals surface area (Å²) in [4.78, 5) is 24.1. The van der Waals surface area contributed by atoms with Crippen molar-refractivity contribution in [3.63, 3.8) is 0 Å². The summed E-state index contributed by atoms with van der Waals surface area (Å²) in [6, 6.07) is 5.99. The van der Waals surface area contributed by atoms with Gasteiger partial charge in [-0.25, -0.2) is 9.59 Å². The number of amides is 2. The average Bonchev–Trinajstić information content (AvgIpc) is 2.51. The molecule has 6 nitrogen and oxygen atoms in total. The molecular formula is C16H19ClN2O4. The van der Waals surface area contributed by atoms with Crippen LogP contribution in [0.4, 0.5) is 4.79 Å². The zero-order chi connectivity index (χ0) is 16.8. The number of ether oxygens (including phenoxy) is 2. The first-order valence-electron chi connectivity index (χ1n) is 7.31. The fourth-order valence-corrected chi connectivity index (χ4v) is 2.41. The number of halogens is 1. The lowest BCUT2D eigenvalue weighted by Crippen LogP contribution is -2.45. The Morgan fingerprint density at radius 2 is 1.96 bits per heavy atom. The predicted molar refractivity (Wildman–Crippen MR) is 86.0 cm³/mol. The van der Waals surface area contributed by atoms with E-state index in [0.717, 1.165) is 5.56 Å². The second kappa shape index (κ2) is 7.99. The van der Waals surface area contributed by atoms with Crippen LogP contribution in [-0.4, -0.2) is 31.8 Å². The number of benzene rings is 1. The first-order chi connectivity index (χ1) is 11.0. The van der Waals surface area contributed by atoms with Gasteiger partial charge in [0, 0.05) is 17.3 Å². The van der Waals surface area contributed by atoms with Crippen molar-refractivity contribution in [3.05, 3.63) is 46.1 Å². The van der Waals surface area contributed by atoms with E-state index in [1.807, 2.05) is 6.92 Å². The molecule has 1 unspecified atom stereocenters. The number of carbonyl (C=O) groups excluding carboxylic acids is 2. The Morgan fingerprint density at radius 1 is 1.26 bits per heavy atom. The van der Waals surface area contributed by atoms with Gasteiger partial charge in [0.15, 0.2) is 0 Å². The molecule has 1 aromatic rings. The van der Waals surface area contributed by atoms with E-state index < -0.39 is 12.0 Å². The Bertz CT molecular complexity index is 613. The summed E-state index contributed by atoms with van der Waals surface area (Å²) >= 11 is 5.89. The molecule has 0 saturated heterocycles. The molecule has 23 heavy (non-hydrogen) atoms. The number of urea groups is 1. The minimum Gasteiger partial charge on any atom is -0.460 e. The van der Waals surface area contributed by atoms with Crippen LogP contribution in [-0.2, 0) is 14.3 Å². The number of allylic oxidation sites excluding steroid dienone is 1. The number of esters is 1. The Labute approximate surface area is 139 Å². The van der Waals surface area contributed by atoms with E-state index in [4.69, 9.17) is 21.1 Å². The molecule has 0 spiro atoms. The molecule has 0 bridgehead atoms. The van der Waals surface area contributed by atoms with Gasteiger partial charge in [0.1, 0.15) is 6.61 Å². The molecule has 1 aromatic carbocycles. The molecule has 0 saturated carbocycles. The molecule has 0 radical (unpaired) electrons. The zero-order valence-electron chi connectivity index (χ0n) is 13.0. The SMILES string of the molecule is CCOCCOC(=O)C1=C(C)NC(=O)NC1c1ccc(Cl)cc1. The molecule has 2 rings (SSSR count). The summed E-state index contributed by atoms with van der Waals surface area (Å²) in [5.41, 5.74) is 1.58. The summed E-state index contributed by atoms with van der Waals surface area (Å²) in [6.07, 6.45) is 0. The van der Waals surface area contributed by atoms with E-state index in [1.54, 1.807) is 31.2 Å². The highest BCUT2D eigenvalue weighted by molar-refractivity contribution is 6.30. The fourth-order valence-electron chi connectivity index (χ4n) is 2.29. The van der Waals surface area contributed by atoms with Gasteiger partial charge in [0.2, 0.25) is 0 Å². The molecule has 1 heterocycles. The maximum absolute atomic E-state index is 12.4. The third kappa shape index (κ3) is 4.46. The Hall–Kier alpha value is -2.05. The second-order valence-electron chi connectivity index (χ2n) is 4.95. The van der Waals surface area contributed by atoms with E-state index >= 15 is 0 Å². The molecular weight excluding hydrogens is 320 g/mol. The molecule has 0 fully saturated rings. The quantitative estimate of drug-likeness (QED) is 0.617. The summed E-state index contributed by atoms with van der Waals surface area (Å²) in [5.74, 6) is -0.491. The average molecular weight is 339 g/mol. The van der Waals surface area contributed by atoms with Crippen LogP contribution in [0.3, 0.4) is 0 Å². The third-order valence-electron chi connectivity index (χ3n) is 3.36. The van der Waals surface area contributed by atoms with Gasteiger partial charge < -0.3 is 20.1 Å². The zero-order valence-corrected chi connectivity index (χ0v) is 13.8. The molecule has 0 aliphatic carbocycles. The molecule has 1 atom stereocenters. The van der Waals surface area contributed by atoms with Crippen molar-refractivity contribution in [2.75, 3.05) is 19.8 Å². The molecule has 2 amide bonds. The molecule has 2 N–H and O–H groups in total. The Morgan fingerprint density at radius 3 is 2.61 bits per heavy atom. The van der Waals surface area contributed by atoms with Crippen molar-refractivity contribution in [1.29, 1.82) is 0 Å².